The van der Waals surface area contributed by atoms with Crippen molar-refractivity contribution in [3.05, 3.63) is 0 Å². The topological polar surface area (TPSA) is 73.0 Å². The zero-order chi connectivity index (χ0) is 18.4. The fourth-order valence-corrected chi connectivity index (χ4v) is 3.60. The lowest BCUT2D eigenvalue weighted by molar-refractivity contribution is -0.142. The van der Waals surface area contributed by atoms with E-state index in [0.29, 0.717) is 26.2 Å². The van der Waals surface area contributed by atoms with Crippen LogP contribution >= 0.6 is 0 Å². The molecule has 2 saturated heterocycles. The number of carbonyl (C=O) groups is 3. The lowest BCUT2D eigenvalue weighted by atomic mass is 9.94. The Balaban J connectivity index is 1.78. The molecule has 0 aromatic carbocycles. The Hall–Kier alpha value is -1.63. The number of hydrogen-bond acceptors (Lipinski definition) is 4. The molecule has 0 aromatic rings. The van der Waals surface area contributed by atoms with Crippen molar-refractivity contribution in [3.63, 3.8) is 0 Å². The van der Waals surface area contributed by atoms with Crippen molar-refractivity contribution in [2.24, 2.45) is 5.92 Å². The molecule has 0 bridgehead atoms. The van der Waals surface area contributed by atoms with Crippen LogP contribution in [0.5, 0.6) is 0 Å². The summed E-state index contributed by atoms with van der Waals surface area (Å²) in [6.45, 7) is 10.3. The van der Waals surface area contributed by atoms with Crippen LogP contribution in [0.1, 0.15) is 40.0 Å². The van der Waals surface area contributed by atoms with Gasteiger partial charge in [0.05, 0.1) is 6.04 Å². The molecular formula is C18H32N4O3. The second-order valence-electron chi connectivity index (χ2n) is 7.11. The number of nitrogens with zero attached hydrogens (tertiary/aromatic N) is 3. The zero-order valence-corrected chi connectivity index (χ0v) is 15.8. The van der Waals surface area contributed by atoms with Crippen molar-refractivity contribution in [2.45, 2.75) is 46.1 Å². The van der Waals surface area contributed by atoms with Gasteiger partial charge in [-0.2, -0.15) is 0 Å². The molecule has 1 unspecified atom stereocenters. The first-order chi connectivity index (χ1) is 11.9. The summed E-state index contributed by atoms with van der Waals surface area (Å²) in [5.41, 5.74) is 0. The minimum absolute atomic E-state index is 0.0727. The summed E-state index contributed by atoms with van der Waals surface area (Å²) < 4.78 is 0. The molecule has 0 aliphatic carbocycles. The SMILES string of the molecule is CCCNC(=O)C1CCN(C(C)C(=O)N2CCN(C(C)=O)CC2)CC1. The van der Waals surface area contributed by atoms with Crippen LogP contribution < -0.4 is 5.32 Å². The highest BCUT2D eigenvalue weighted by atomic mass is 16.2. The zero-order valence-electron chi connectivity index (χ0n) is 15.8. The highest BCUT2D eigenvalue weighted by Crippen LogP contribution is 2.20. The maximum absolute atomic E-state index is 12.7. The number of piperazine rings is 1. The molecule has 1 N–H and O–H groups in total. The van der Waals surface area contributed by atoms with Gasteiger partial charge in [-0.25, -0.2) is 0 Å². The fraction of sp³-hybridized carbons (Fsp3) is 0.833. The van der Waals surface area contributed by atoms with Crippen LogP contribution in [0.2, 0.25) is 0 Å². The molecule has 2 fully saturated rings. The highest BCUT2D eigenvalue weighted by molar-refractivity contribution is 5.82. The first-order valence-corrected chi connectivity index (χ1v) is 9.50. The van der Waals surface area contributed by atoms with Crippen LogP contribution in [-0.2, 0) is 14.4 Å². The minimum atomic E-state index is -0.163. The second kappa shape index (κ2) is 9.17. The molecule has 0 spiro atoms. The number of likely N-dealkylation sites (tertiary alicyclic amines) is 1. The largest absolute Gasteiger partial charge is 0.356 e. The first kappa shape index (κ1) is 19.7. The Kier molecular flexibility index (Phi) is 7.23. The van der Waals surface area contributed by atoms with Crippen molar-refractivity contribution in [1.29, 1.82) is 0 Å². The van der Waals surface area contributed by atoms with Crippen molar-refractivity contribution in [1.82, 2.24) is 20.0 Å². The fourth-order valence-electron chi connectivity index (χ4n) is 3.60. The summed E-state index contributed by atoms with van der Waals surface area (Å²) in [7, 11) is 0. The predicted octanol–water partition coefficient (Wildman–Crippen LogP) is 0.304. The molecule has 2 aliphatic heterocycles. The van der Waals surface area contributed by atoms with E-state index in [-0.39, 0.29) is 29.7 Å². The molecule has 2 aliphatic rings. The van der Waals surface area contributed by atoms with E-state index < -0.39 is 0 Å². The quantitative estimate of drug-likeness (QED) is 0.773. The Morgan fingerprint density at radius 2 is 1.56 bits per heavy atom. The van der Waals surface area contributed by atoms with Crippen LogP contribution in [0, 0.1) is 5.92 Å². The van der Waals surface area contributed by atoms with Gasteiger partial charge >= 0.3 is 0 Å². The van der Waals surface area contributed by atoms with E-state index in [4.69, 9.17) is 0 Å². The molecule has 1 atom stereocenters. The number of carbonyl (C=O) groups excluding carboxylic acids is 3. The number of piperidine rings is 1. The molecule has 2 rings (SSSR count). The number of amides is 3. The maximum Gasteiger partial charge on any atom is 0.239 e. The third kappa shape index (κ3) is 5.17. The van der Waals surface area contributed by atoms with Gasteiger partial charge in [0.2, 0.25) is 17.7 Å². The third-order valence-corrected chi connectivity index (χ3v) is 5.39. The summed E-state index contributed by atoms with van der Waals surface area (Å²) in [4.78, 5) is 42.0. The van der Waals surface area contributed by atoms with Crippen molar-refractivity contribution >= 4 is 17.7 Å². The Morgan fingerprint density at radius 1 is 1.00 bits per heavy atom. The van der Waals surface area contributed by atoms with Crippen LogP contribution in [-0.4, -0.2) is 84.3 Å². The van der Waals surface area contributed by atoms with Gasteiger partial charge in [0.15, 0.2) is 0 Å². The third-order valence-electron chi connectivity index (χ3n) is 5.39. The number of hydrogen-bond donors (Lipinski definition) is 1. The van der Waals surface area contributed by atoms with Gasteiger partial charge in [-0.3, -0.25) is 19.3 Å². The lowest BCUT2D eigenvalue weighted by Crippen LogP contribution is -2.56. The average molecular weight is 352 g/mol. The van der Waals surface area contributed by atoms with Gasteiger partial charge < -0.3 is 15.1 Å². The van der Waals surface area contributed by atoms with E-state index in [1.165, 1.54) is 0 Å². The minimum Gasteiger partial charge on any atom is -0.356 e. The average Bonchev–Trinajstić information content (AvgIpc) is 2.65. The molecule has 7 heteroatoms. The molecule has 3 amide bonds. The van der Waals surface area contributed by atoms with E-state index in [9.17, 15) is 14.4 Å². The van der Waals surface area contributed by atoms with E-state index in [1.54, 1.807) is 11.8 Å². The summed E-state index contributed by atoms with van der Waals surface area (Å²) in [6.07, 6.45) is 2.57. The van der Waals surface area contributed by atoms with Crippen LogP contribution in [0.4, 0.5) is 0 Å². The molecule has 2 heterocycles. The summed E-state index contributed by atoms with van der Waals surface area (Å²) in [5.74, 6) is 0.436. The van der Waals surface area contributed by atoms with Crippen LogP contribution in [0.25, 0.3) is 0 Å². The summed E-state index contributed by atoms with van der Waals surface area (Å²) in [5, 5.41) is 2.97. The molecule has 7 nitrogen and oxygen atoms in total. The van der Waals surface area contributed by atoms with Crippen LogP contribution in [0.15, 0.2) is 0 Å². The van der Waals surface area contributed by atoms with Gasteiger partial charge in [0.25, 0.3) is 0 Å². The molecule has 0 aromatic heterocycles. The second-order valence-corrected chi connectivity index (χ2v) is 7.11. The molecule has 25 heavy (non-hydrogen) atoms. The Labute approximate surface area is 150 Å². The maximum atomic E-state index is 12.7. The molecule has 0 radical (unpaired) electrons. The van der Waals surface area contributed by atoms with E-state index >= 15 is 0 Å². The van der Waals surface area contributed by atoms with E-state index in [2.05, 4.69) is 10.2 Å². The smallest absolute Gasteiger partial charge is 0.239 e. The first-order valence-electron chi connectivity index (χ1n) is 9.50. The lowest BCUT2D eigenvalue weighted by Gasteiger charge is -2.39. The monoisotopic (exact) mass is 352 g/mol. The summed E-state index contributed by atoms with van der Waals surface area (Å²) in [6, 6.07) is -0.163. The van der Waals surface area contributed by atoms with Gasteiger partial charge in [0.1, 0.15) is 0 Å². The highest BCUT2D eigenvalue weighted by Gasteiger charge is 2.32. The Morgan fingerprint density at radius 3 is 2.08 bits per heavy atom. The molecule has 0 saturated carbocycles. The van der Waals surface area contributed by atoms with Crippen LogP contribution in [0.3, 0.4) is 0 Å². The number of rotatable bonds is 5. The standard InChI is InChI=1S/C18H32N4O3/c1-4-7-19-17(24)16-5-8-20(9-6-16)14(2)18(25)22-12-10-21(11-13-22)15(3)23/h14,16H,4-13H2,1-3H3,(H,19,24). The molecular weight excluding hydrogens is 320 g/mol. The van der Waals surface area contributed by atoms with Crippen molar-refractivity contribution < 1.29 is 14.4 Å². The van der Waals surface area contributed by atoms with Gasteiger partial charge in [-0.1, -0.05) is 6.92 Å². The van der Waals surface area contributed by atoms with E-state index in [1.807, 2.05) is 18.7 Å². The van der Waals surface area contributed by atoms with Gasteiger partial charge in [-0.15, -0.1) is 0 Å². The Bertz CT molecular complexity index is 481. The summed E-state index contributed by atoms with van der Waals surface area (Å²) >= 11 is 0. The van der Waals surface area contributed by atoms with Crippen molar-refractivity contribution in [2.75, 3.05) is 45.8 Å². The van der Waals surface area contributed by atoms with Gasteiger partial charge in [-0.05, 0) is 39.3 Å². The molecule has 142 valence electrons. The van der Waals surface area contributed by atoms with Gasteiger partial charge in [0, 0.05) is 45.6 Å². The predicted molar refractivity (Wildman–Crippen MR) is 95.9 cm³/mol. The van der Waals surface area contributed by atoms with Crippen molar-refractivity contribution in [3.8, 4) is 0 Å². The normalized spacial score (nSPS) is 21.1. The number of nitrogens with one attached hydrogen (secondary N) is 1. The van der Waals surface area contributed by atoms with E-state index in [0.717, 1.165) is 38.9 Å².